The second-order valence-electron chi connectivity index (χ2n) is 7.76. The van der Waals surface area contributed by atoms with Crippen molar-refractivity contribution in [1.29, 1.82) is 0 Å². The van der Waals surface area contributed by atoms with E-state index in [2.05, 4.69) is 61.0 Å². The Bertz CT molecular complexity index is 1310. The van der Waals surface area contributed by atoms with Gasteiger partial charge in [-0.15, -0.1) is 0 Å². The molecule has 31 heavy (non-hydrogen) atoms. The van der Waals surface area contributed by atoms with E-state index in [1.807, 2.05) is 24.3 Å². The van der Waals surface area contributed by atoms with E-state index in [9.17, 15) is 4.79 Å². The van der Waals surface area contributed by atoms with Crippen molar-refractivity contribution in [3.8, 4) is 11.5 Å². The summed E-state index contributed by atoms with van der Waals surface area (Å²) in [5.74, 6) is 1.45. The van der Waals surface area contributed by atoms with E-state index in [1.165, 1.54) is 5.56 Å². The fraction of sp³-hybridized carbons (Fsp3) is 0.148. The molecule has 1 aromatic heterocycles. The minimum Gasteiger partial charge on any atom is -0.489 e. The van der Waals surface area contributed by atoms with Crippen molar-refractivity contribution in [1.82, 2.24) is 4.57 Å². The van der Waals surface area contributed by atoms with Crippen molar-refractivity contribution in [2.75, 3.05) is 0 Å². The zero-order valence-electron chi connectivity index (χ0n) is 17.6. The number of carbonyl (C=O) groups is 1. The monoisotopic (exact) mass is 409 g/mol. The smallest absolute Gasteiger partial charge is 0.231 e. The zero-order chi connectivity index (χ0) is 21.4. The average molecular weight is 409 g/mol. The summed E-state index contributed by atoms with van der Waals surface area (Å²) in [6.45, 7) is 5.49. The normalized spacial score (nSPS) is 14.1. The maximum absolute atomic E-state index is 12.9. The molecule has 0 atom stereocenters. The maximum atomic E-state index is 12.9. The predicted octanol–water partition coefficient (Wildman–Crippen LogP) is 6.16. The molecule has 0 saturated carbocycles. The van der Waals surface area contributed by atoms with E-state index in [4.69, 9.17) is 9.47 Å². The summed E-state index contributed by atoms with van der Waals surface area (Å²) in [6.07, 6.45) is 3.90. The molecule has 0 saturated heterocycles. The molecule has 0 fully saturated rings. The molecule has 0 amide bonds. The maximum Gasteiger partial charge on any atom is 0.231 e. The molecule has 0 N–H and O–H groups in total. The lowest BCUT2D eigenvalue weighted by molar-refractivity contribution is 0.101. The van der Waals surface area contributed by atoms with Gasteiger partial charge in [0.05, 0.1) is 5.56 Å². The van der Waals surface area contributed by atoms with Gasteiger partial charge in [-0.2, -0.15) is 0 Å². The second-order valence-corrected chi connectivity index (χ2v) is 7.76. The summed E-state index contributed by atoms with van der Waals surface area (Å²) in [6, 6.07) is 21.8. The third-order valence-electron chi connectivity index (χ3n) is 5.61. The van der Waals surface area contributed by atoms with Crippen molar-refractivity contribution < 1.29 is 14.3 Å². The lowest BCUT2D eigenvalue weighted by atomic mass is 10.1. The van der Waals surface area contributed by atoms with Crippen LogP contribution in [0.15, 0.2) is 78.7 Å². The van der Waals surface area contributed by atoms with Crippen LogP contribution in [-0.2, 0) is 13.2 Å². The van der Waals surface area contributed by atoms with E-state index in [-0.39, 0.29) is 5.78 Å². The van der Waals surface area contributed by atoms with Gasteiger partial charge in [0, 0.05) is 35.3 Å². The van der Waals surface area contributed by atoms with Gasteiger partial charge in [0.2, 0.25) is 5.78 Å². The number of hydrogen-bond donors (Lipinski definition) is 0. The fourth-order valence-electron chi connectivity index (χ4n) is 3.90. The Balaban J connectivity index is 1.39. The van der Waals surface area contributed by atoms with Crippen LogP contribution in [0.25, 0.3) is 17.0 Å². The van der Waals surface area contributed by atoms with Gasteiger partial charge in [0.1, 0.15) is 18.1 Å². The van der Waals surface area contributed by atoms with E-state index >= 15 is 0 Å². The summed E-state index contributed by atoms with van der Waals surface area (Å²) in [7, 11) is 0. The van der Waals surface area contributed by atoms with Crippen molar-refractivity contribution in [2.24, 2.45) is 0 Å². The fourth-order valence-corrected chi connectivity index (χ4v) is 3.90. The number of para-hydroxylation sites is 1. The summed E-state index contributed by atoms with van der Waals surface area (Å²) in [5, 5.41) is 1.10. The second kappa shape index (κ2) is 7.80. The first-order valence-electron chi connectivity index (χ1n) is 10.5. The quantitative estimate of drug-likeness (QED) is 0.370. The molecular formula is C27H23NO3. The highest BCUT2D eigenvalue weighted by Gasteiger charge is 2.28. The summed E-state index contributed by atoms with van der Waals surface area (Å²) < 4.78 is 14.0. The van der Waals surface area contributed by atoms with Crippen molar-refractivity contribution >= 4 is 22.8 Å². The molecule has 1 aliphatic heterocycles. The Hall–Kier alpha value is -3.79. The molecule has 0 bridgehead atoms. The Kier molecular flexibility index (Phi) is 4.83. The number of fused-ring (bicyclic) bond motifs is 2. The number of ketones is 1. The molecule has 154 valence electrons. The van der Waals surface area contributed by atoms with Crippen LogP contribution < -0.4 is 9.47 Å². The number of aryl methyl sites for hydroxylation is 2. The number of ether oxygens (including phenoxy) is 2. The number of Topliss-reactive ketones (excluding diaryl/α,β-unsaturated/α-hetero) is 1. The Morgan fingerprint density at radius 1 is 1.03 bits per heavy atom. The molecule has 3 aromatic carbocycles. The number of rotatable bonds is 5. The Morgan fingerprint density at radius 2 is 1.84 bits per heavy atom. The SMILES string of the molecule is CCn1cc(/C=C2/Oc3cc(OCc4ccc(C)cc4)ccc3C2=O)c2ccccc21. The molecule has 0 aliphatic carbocycles. The lowest BCUT2D eigenvalue weighted by Gasteiger charge is -2.07. The topological polar surface area (TPSA) is 40.5 Å². The highest BCUT2D eigenvalue weighted by atomic mass is 16.5. The van der Waals surface area contributed by atoms with Crippen LogP contribution in [0.5, 0.6) is 11.5 Å². The third kappa shape index (κ3) is 3.61. The Labute approximate surface area is 181 Å². The average Bonchev–Trinajstić information content (AvgIpc) is 3.31. The molecule has 5 rings (SSSR count). The molecule has 4 heteroatoms. The zero-order valence-corrected chi connectivity index (χ0v) is 17.6. The molecule has 2 heterocycles. The van der Waals surface area contributed by atoms with E-state index in [1.54, 1.807) is 12.1 Å². The first kappa shape index (κ1) is 19.2. The molecule has 4 aromatic rings. The summed E-state index contributed by atoms with van der Waals surface area (Å²) in [5.41, 5.74) is 5.00. The number of hydrogen-bond acceptors (Lipinski definition) is 3. The number of allylic oxidation sites excluding steroid dienone is 1. The highest BCUT2D eigenvalue weighted by Crippen LogP contribution is 2.36. The molecule has 0 spiro atoms. The van der Waals surface area contributed by atoms with Crippen LogP contribution in [0, 0.1) is 6.92 Å². The van der Waals surface area contributed by atoms with E-state index in [0.29, 0.717) is 29.4 Å². The molecule has 0 radical (unpaired) electrons. The van der Waals surface area contributed by atoms with E-state index in [0.717, 1.165) is 28.6 Å². The van der Waals surface area contributed by atoms with Crippen molar-refractivity contribution in [3.63, 3.8) is 0 Å². The molecule has 4 nitrogen and oxygen atoms in total. The van der Waals surface area contributed by atoms with Crippen LogP contribution in [0.3, 0.4) is 0 Å². The van der Waals surface area contributed by atoms with Crippen LogP contribution >= 0.6 is 0 Å². The van der Waals surface area contributed by atoms with Gasteiger partial charge in [-0.05, 0) is 43.7 Å². The van der Waals surface area contributed by atoms with Gasteiger partial charge in [-0.25, -0.2) is 0 Å². The van der Waals surface area contributed by atoms with Crippen molar-refractivity contribution in [2.45, 2.75) is 27.0 Å². The summed E-state index contributed by atoms with van der Waals surface area (Å²) >= 11 is 0. The largest absolute Gasteiger partial charge is 0.489 e. The molecule has 1 aliphatic rings. The number of benzene rings is 3. The van der Waals surface area contributed by atoms with Gasteiger partial charge in [-0.3, -0.25) is 4.79 Å². The van der Waals surface area contributed by atoms with Gasteiger partial charge in [0.25, 0.3) is 0 Å². The van der Waals surface area contributed by atoms with Gasteiger partial charge < -0.3 is 14.0 Å². The third-order valence-corrected chi connectivity index (χ3v) is 5.61. The van der Waals surface area contributed by atoms with Crippen LogP contribution in [0.4, 0.5) is 0 Å². The molecular weight excluding hydrogens is 386 g/mol. The van der Waals surface area contributed by atoms with Gasteiger partial charge in [-0.1, -0.05) is 48.0 Å². The standard InChI is InChI=1S/C27H23NO3/c1-3-28-16-20(22-6-4-5-7-24(22)28)14-26-27(29)23-13-12-21(15-25(23)31-26)30-17-19-10-8-18(2)9-11-19/h4-16H,3,17H2,1-2H3/b26-14+. The number of carbonyl (C=O) groups excluding carboxylic acids is 1. The lowest BCUT2D eigenvalue weighted by Crippen LogP contribution is -1.98. The minimum atomic E-state index is -0.103. The number of aromatic nitrogens is 1. The highest BCUT2D eigenvalue weighted by molar-refractivity contribution is 6.15. The van der Waals surface area contributed by atoms with Crippen LogP contribution in [-0.4, -0.2) is 10.4 Å². The number of nitrogens with zero attached hydrogens (tertiary/aromatic N) is 1. The predicted molar refractivity (Wildman–Crippen MR) is 123 cm³/mol. The van der Waals surface area contributed by atoms with Gasteiger partial charge in [0.15, 0.2) is 5.76 Å². The van der Waals surface area contributed by atoms with Crippen LogP contribution in [0.1, 0.15) is 34.0 Å². The van der Waals surface area contributed by atoms with E-state index < -0.39 is 0 Å². The van der Waals surface area contributed by atoms with Gasteiger partial charge >= 0.3 is 0 Å². The molecule has 0 unspecified atom stereocenters. The summed E-state index contributed by atoms with van der Waals surface area (Å²) in [4.78, 5) is 12.9. The first-order valence-corrected chi connectivity index (χ1v) is 10.5. The van der Waals surface area contributed by atoms with Crippen LogP contribution in [0.2, 0.25) is 0 Å². The van der Waals surface area contributed by atoms with Crippen molar-refractivity contribution in [3.05, 3.63) is 101 Å². The minimum absolute atomic E-state index is 0.103. The first-order chi connectivity index (χ1) is 15.1. The Morgan fingerprint density at radius 3 is 2.65 bits per heavy atom.